The van der Waals surface area contributed by atoms with E-state index >= 15 is 0 Å². The van der Waals surface area contributed by atoms with Crippen LogP contribution in [-0.4, -0.2) is 16.5 Å². The fourth-order valence-corrected chi connectivity index (χ4v) is 2.03. The summed E-state index contributed by atoms with van der Waals surface area (Å²) < 4.78 is 0. The maximum absolute atomic E-state index is 4.36. The summed E-state index contributed by atoms with van der Waals surface area (Å²) in [6, 6.07) is 2.04. The number of aromatic nitrogens is 2. The highest BCUT2D eigenvalue weighted by molar-refractivity contribution is 7.08. The number of nitrogens with zero attached hydrogens (tertiary/aromatic N) is 2. The summed E-state index contributed by atoms with van der Waals surface area (Å²) in [5.74, 6) is 0.806. The van der Waals surface area contributed by atoms with Crippen molar-refractivity contribution < 1.29 is 0 Å². The average molecular weight is 233 g/mol. The van der Waals surface area contributed by atoms with E-state index in [1.54, 1.807) is 11.3 Å². The standard InChI is InChI=1S/C12H15N3S/c1-2-4-13-6-10-7-14-12(15-8-10)11-3-5-16-9-11/h3,5,7-9,13H,2,4,6H2,1H3. The molecule has 0 unspecified atom stereocenters. The highest BCUT2D eigenvalue weighted by atomic mass is 32.1. The predicted molar refractivity (Wildman–Crippen MR) is 67.3 cm³/mol. The van der Waals surface area contributed by atoms with Crippen LogP contribution in [0, 0.1) is 0 Å². The minimum Gasteiger partial charge on any atom is -0.313 e. The highest BCUT2D eigenvalue weighted by Gasteiger charge is 2.01. The van der Waals surface area contributed by atoms with E-state index < -0.39 is 0 Å². The zero-order chi connectivity index (χ0) is 11.2. The molecule has 0 spiro atoms. The van der Waals surface area contributed by atoms with Gasteiger partial charge >= 0.3 is 0 Å². The van der Waals surface area contributed by atoms with Gasteiger partial charge in [0, 0.05) is 35.4 Å². The first-order chi connectivity index (χ1) is 7.90. The molecule has 0 saturated heterocycles. The van der Waals surface area contributed by atoms with Crippen molar-refractivity contribution in [2.75, 3.05) is 6.54 Å². The molecule has 0 bridgehead atoms. The molecule has 2 rings (SSSR count). The molecule has 2 aromatic heterocycles. The summed E-state index contributed by atoms with van der Waals surface area (Å²) in [7, 11) is 0. The van der Waals surface area contributed by atoms with Gasteiger partial charge < -0.3 is 5.32 Å². The summed E-state index contributed by atoms with van der Waals surface area (Å²) in [5.41, 5.74) is 2.23. The molecule has 0 aliphatic rings. The minimum atomic E-state index is 0.806. The van der Waals surface area contributed by atoms with Crippen LogP contribution in [0.5, 0.6) is 0 Å². The highest BCUT2D eigenvalue weighted by Crippen LogP contribution is 2.17. The normalized spacial score (nSPS) is 10.6. The van der Waals surface area contributed by atoms with Crippen LogP contribution in [0.1, 0.15) is 18.9 Å². The number of hydrogen-bond donors (Lipinski definition) is 1. The van der Waals surface area contributed by atoms with Gasteiger partial charge in [0.2, 0.25) is 0 Å². The second kappa shape index (κ2) is 5.72. The maximum atomic E-state index is 4.36. The van der Waals surface area contributed by atoms with E-state index in [9.17, 15) is 0 Å². The first kappa shape index (κ1) is 11.2. The van der Waals surface area contributed by atoms with Gasteiger partial charge in [0.15, 0.2) is 5.82 Å². The van der Waals surface area contributed by atoms with Gasteiger partial charge in [0.1, 0.15) is 0 Å². The predicted octanol–water partition coefficient (Wildman–Crippen LogP) is 2.70. The summed E-state index contributed by atoms with van der Waals surface area (Å²) in [5, 5.41) is 7.42. The topological polar surface area (TPSA) is 37.8 Å². The fraction of sp³-hybridized carbons (Fsp3) is 0.333. The Bertz CT molecular complexity index is 408. The molecule has 0 radical (unpaired) electrons. The third-order valence-corrected chi connectivity index (χ3v) is 2.92. The second-order valence-electron chi connectivity index (χ2n) is 3.60. The van der Waals surface area contributed by atoms with E-state index in [4.69, 9.17) is 0 Å². The van der Waals surface area contributed by atoms with Crippen molar-refractivity contribution in [2.45, 2.75) is 19.9 Å². The van der Waals surface area contributed by atoms with Crippen molar-refractivity contribution in [3.63, 3.8) is 0 Å². The first-order valence-corrected chi connectivity index (χ1v) is 6.38. The Morgan fingerprint density at radius 3 is 2.75 bits per heavy atom. The Kier molecular flexibility index (Phi) is 4.02. The second-order valence-corrected chi connectivity index (χ2v) is 4.38. The number of hydrogen-bond acceptors (Lipinski definition) is 4. The fourth-order valence-electron chi connectivity index (χ4n) is 1.40. The van der Waals surface area contributed by atoms with E-state index in [1.165, 1.54) is 0 Å². The zero-order valence-corrected chi connectivity index (χ0v) is 10.1. The van der Waals surface area contributed by atoms with E-state index in [1.807, 2.05) is 23.8 Å². The van der Waals surface area contributed by atoms with Gasteiger partial charge in [-0.1, -0.05) is 6.92 Å². The van der Waals surface area contributed by atoms with Crippen molar-refractivity contribution in [2.24, 2.45) is 0 Å². The number of rotatable bonds is 5. The van der Waals surface area contributed by atoms with Crippen LogP contribution in [0.25, 0.3) is 11.4 Å². The van der Waals surface area contributed by atoms with Crippen LogP contribution < -0.4 is 5.32 Å². The average Bonchev–Trinajstić information content (AvgIpc) is 2.84. The smallest absolute Gasteiger partial charge is 0.159 e. The quantitative estimate of drug-likeness (QED) is 0.807. The zero-order valence-electron chi connectivity index (χ0n) is 9.31. The van der Waals surface area contributed by atoms with Gasteiger partial charge in [-0.25, -0.2) is 9.97 Å². The molecule has 0 amide bonds. The summed E-state index contributed by atoms with van der Waals surface area (Å²) in [6.45, 7) is 4.03. The van der Waals surface area contributed by atoms with Gasteiger partial charge in [0.25, 0.3) is 0 Å². The molecular formula is C12H15N3S. The summed E-state index contributed by atoms with van der Waals surface area (Å²) in [6.07, 6.45) is 4.93. The maximum Gasteiger partial charge on any atom is 0.159 e. The van der Waals surface area contributed by atoms with Gasteiger partial charge in [-0.3, -0.25) is 0 Å². The van der Waals surface area contributed by atoms with E-state index in [0.29, 0.717) is 0 Å². The van der Waals surface area contributed by atoms with E-state index in [-0.39, 0.29) is 0 Å². The van der Waals surface area contributed by atoms with Gasteiger partial charge in [-0.2, -0.15) is 11.3 Å². The molecule has 84 valence electrons. The number of nitrogens with one attached hydrogen (secondary N) is 1. The summed E-state index contributed by atoms with van der Waals surface area (Å²) >= 11 is 1.66. The molecule has 0 atom stereocenters. The number of thiophene rings is 1. The van der Waals surface area contributed by atoms with Gasteiger partial charge in [-0.15, -0.1) is 0 Å². The molecule has 0 fully saturated rings. The van der Waals surface area contributed by atoms with Crippen LogP contribution in [-0.2, 0) is 6.54 Å². The third kappa shape index (κ3) is 2.87. The first-order valence-electron chi connectivity index (χ1n) is 5.44. The molecular weight excluding hydrogens is 218 g/mol. The van der Waals surface area contributed by atoms with Crippen molar-refractivity contribution >= 4 is 11.3 Å². The molecule has 16 heavy (non-hydrogen) atoms. The molecule has 0 aromatic carbocycles. The van der Waals surface area contributed by atoms with E-state index in [2.05, 4.69) is 27.6 Å². The van der Waals surface area contributed by atoms with Crippen LogP contribution in [0.3, 0.4) is 0 Å². The lowest BCUT2D eigenvalue weighted by atomic mass is 10.3. The largest absolute Gasteiger partial charge is 0.313 e. The minimum absolute atomic E-state index is 0.806. The molecule has 3 nitrogen and oxygen atoms in total. The lowest BCUT2D eigenvalue weighted by Gasteiger charge is -2.02. The Morgan fingerprint density at radius 1 is 1.31 bits per heavy atom. The monoisotopic (exact) mass is 233 g/mol. The molecule has 0 saturated carbocycles. The van der Waals surface area contributed by atoms with Crippen LogP contribution in [0.15, 0.2) is 29.2 Å². The van der Waals surface area contributed by atoms with Crippen molar-refractivity contribution in [3.05, 3.63) is 34.8 Å². The van der Waals surface area contributed by atoms with Crippen LogP contribution in [0.2, 0.25) is 0 Å². The Balaban J connectivity index is 2.00. The molecule has 2 heterocycles. The van der Waals surface area contributed by atoms with Crippen LogP contribution in [0.4, 0.5) is 0 Å². The lowest BCUT2D eigenvalue weighted by Crippen LogP contribution is -2.14. The Labute approximate surface area is 99.6 Å². The van der Waals surface area contributed by atoms with Crippen molar-refractivity contribution in [1.29, 1.82) is 0 Å². The van der Waals surface area contributed by atoms with Gasteiger partial charge in [0.05, 0.1) is 0 Å². The molecule has 0 aliphatic heterocycles. The molecule has 0 aliphatic carbocycles. The Hall–Kier alpha value is -1.26. The van der Waals surface area contributed by atoms with Gasteiger partial charge in [-0.05, 0) is 24.4 Å². The molecule has 2 aromatic rings. The van der Waals surface area contributed by atoms with Crippen LogP contribution >= 0.6 is 11.3 Å². The SMILES string of the molecule is CCCNCc1cnc(-c2ccsc2)nc1. The molecule has 1 N–H and O–H groups in total. The molecule has 4 heteroatoms. The third-order valence-electron chi connectivity index (χ3n) is 2.24. The Morgan fingerprint density at radius 2 is 2.12 bits per heavy atom. The lowest BCUT2D eigenvalue weighted by molar-refractivity contribution is 0.672. The van der Waals surface area contributed by atoms with E-state index in [0.717, 1.165) is 36.5 Å². The van der Waals surface area contributed by atoms with Crippen molar-refractivity contribution in [1.82, 2.24) is 15.3 Å². The summed E-state index contributed by atoms with van der Waals surface area (Å²) in [4.78, 5) is 8.71. The van der Waals surface area contributed by atoms with Crippen molar-refractivity contribution in [3.8, 4) is 11.4 Å².